The Morgan fingerprint density at radius 3 is 2.14 bits per heavy atom. The van der Waals surface area contributed by atoms with Crippen LogP contribution in [0.4, 0.5) is 4.79 Å². The number of ether oxygens (including phenoxy) is 3. The number of carbonyl (C=O) groups is 2. The second-order valence-electron chi connectivity index (χ2n) is 12.7. The maximum Gasteiger partial charge on any atom is 0.411 e. The summed E-state index contributed by atoms with van der Waals surface area (Å²) < 4.78 is 22.1. The average Bonchev–Trinajstić information content (AvgIpc) is 3.42. The van der Waals surface area contributed by atoms with E-state index in [1.54, 1.807) is 48.7 Å². The highest BCUT2D eigenvalue weighted by Crippen LogP contribution is 2.32. The number of rotatable bonds is 9. The molecule has 1 heterocycles. The van der Waals surface area contributed by atoms with E-state index >= 15 is 0 Å². The summed E-state index contributed by atoms with van der Waals surface area (Å²) in [6.45, 7) is 13.1. The number of hydrogen-bond acceptors (Lipinski definition) is 8. The SMILES string of the molecule is COCc1cc(-c2nc(-c3ccc(CN(CC(=O)OC(C)(C)C)C(=O)OC(C)(C)C)cc3)no2)ccc1-c1ccccc1C. The smallest absolute Gasteiger partial charge is 0.411 e. The molecule has 0 aliphatic rings. The van der Waals surface area contributed by atoms with Gasteiger partial charge in [-0.05, 0) is 88.4 Å². The van der Waals surface area contributed by atoms with E-state index in [4.69, 9.17) is 18.7 Å². The van der Waals surface area contributed by atoms with Crippen molar-refractivity contribution in [1.82, 2.24) is 15.0 Å². The van der Waals surface area contributed by atoms with Crippen LogP contribution in [0, 0.1) is 6.92 Å². The molecule has 3 aromatic carbocycles. The molecule has 9 nitrogen and oxygen atoms in total. The van der Waals surface area contributed by atoms with Gasteiger partial charge in [0, 0.05) is 24.8 Å². The minimum absolute atomic E-state index is 0.154. The largest absolute Gasteiger partial charge is 0.459 e. The first-order valence-corrected chi connectivity index (χ1v) is 14.5. The van der Waals surface area contributed by atoms with Gasteiger partial charge >= 0.3 is 12.1 Å². The van der Waals surface area contributed by atoms with Crippen LogP contribution in [0.3, 0.4) is 0 Å². The second kappa shape index (κ2) is 13.4. The molecule has 0 atom stereocenters. The van der Waals surface area contributed by atoms with Crippen molar-refractivity contribution >= 4 is 12.1 Å². The lowest BCUT2D eigenvalue weighted by Gasteiger charge is -2.28. The molecule has 0 aliphatic heterocycles. The summed E-state index contributed by atoms with van der Waals surface area (Å²) in [6, 6.07) is 21.7. The van der Waals surface area contributed by atoms with Crippen LogP contribution in [0.25, 0.3) is 34.0 Å². The molecule has 0 radical (unpaired) electrons. The first-order chi connectivity index (χ1) is 20.7. The van der Waals surface area contributed by atoms with E-state index in [1.165, 1.54) is 10.5 Å². The quantitative estimate of drug-likeness (QED) is 0.181. The van der Waals surface area contributed by atoms with Crippen LogP contribution in [0.5, 0.6) is 0 Å². The van der Waals surface area contributed by atoms with Gasteiger partial charge in [-0.2, -0.15) is 4.98 Å². The fourth-order valence-corrected chi connectivity index (χ4v) is 4.62. The Morgan fingerprint density at radius 2 is 1.50 bits per heavy atom. The highest BCUT2D eigenvalue weighted by atomic mass is 16.6. The Labute approximate surface area is 259 Å². The second-order valence-corrected chi connectivity index (χ2v) is 12.7. The summed E-state index contributed by atoms with van der Waals surface area (Å²) in [5.41, 5.74) is 5.38. The maximum atomic E-state index is 12.9. The summed E-state index contributed by atoms with van der Waals surface area (Å²) in [5.74, 6) is 0.312. The minimum Gasteiger partial charge on any atom is -0.459 e. The van der Waals surface area contributed by atoms with Crippen LogP contribution in [-0.2, 0) is 32.2 Å². The van der Waals surface area contributed by atoms with Crippen molar-refractivity contribution in [3.8, 4) is 34.0 Å². The molecule has 0 saturated heterocycles. The summed E-state index contributed by atoms with van der Waals surface area (Å²) in [5, 5.41) is 4.20. The van der Waals surface area contributed by atoms with Gasteiger partial charge in [-0.3, -0.25) is 9.69 Å². The molecule has 0 aliphatic carbocycles. The van der Waals surface area contributed by atoms with Crippen LogP contribution in [0.15, 0.2) is 71.3 Å². The Hall–Kier alpha value is -4.50. The van der Waals surface area contributed by atoms with Crippen LogP contribution < -0.4 is 0 Å². The lowest BCUT2D eigenvalue weighted by molar-refractivity contribution is -0.156. The Kier molecular flexibility index (Phi) is 9.89. The fraction of sp³-hybridized carbons (Fsp3) is 0.371. The number of benzene rings is 3. The van der Waals surface area contributed by atoms with Gasteiger partial charge < -0.3 is 18.7 Å². The van der Waals surface area contributed by atoms with Crippen molar-refractivity contribution in [2.24, 2.45) is 0 Å². The van der Waals surface area contributed by atoms with Crippen LogP contribution in [-0.4, -0.2) is 52.0 Å². The lowest BCUT2D eigenvalue weighted by Crippen LogP contribution is -2.41. The van der Waals surface area contributed by atoms with Gasteiger partial charge in [-0.25, -0.2) is 4.79 Å². The molecule has 0 saturated carbocycles. The zero-order valence-corrected chi connectivity index (χ0v) is 26.8. The zero-order chi connectivity index (χ0) is 32.1. The number of esters is 1. The standard InChI is InChI=1S/C35H41N3O6/c1-23-11-9-10-12-28(23)29-18-17-26(19-27(29)22-41-8)32-36-31(37-44-32)25-15-13-24(14-16-25)20-38(33(40)43-35(5,6)7)21-30(39)42-34(2,3)4/h9-19H,20-22H2,1-8H3. The van der Waals surface area contributed by atoms with Gasteiger partial charge in [0.25, 0.3) is 5.89 Å². The lowest BCUT2D eigenvalue weighted by atomic mass is 9.94. The Balaban J connectivity index is 1.53. The average molecular weight is 600 g/mol. The van der Waals surface area contributed by atoms with Crippen molar-refractivity contribution in [3.63, 3.8) is 0 Å². The number of amides is 1. The van der Waals surface area contributed by atoms with E-state index in [0.29, 0.717) is 18.3 Å². The maximum absolute atomic E-state index is 12.9. The van der Waals surface area contributed by atoms with E-state index < -0.39 is 23.3 Å². The van der Waals surface area contributed by atoms with Crippen molar-refractivity contribution < 1.29 is 28.3 Å². The van der Waals surface area contributed by atoms with Crippen molar-refractivity contribution in [3.05, 3.63) is 83.4 Å². The fourth-order valence-electron chi connectivity index (χ4n) is 4.62. The molecule has 1 amide bonds. The number of aryl methyl sites for hydroxylation is 1. The third-order valence-electron chi connectivity index (χ3n) is 6.49. The van der Waals surface area contributed by atoms with Gasteiger partial charge in [0.1, 0.15) is 17.7 Å². The highest BCUT2D eigenvalue weighted by Gasteiger charge is 2.27. The number of hydrogen-bond donors (Lipinski definition) is 0. The molecule has 4 rings (SSSR count). The van der Waals surface area contributed by atoms with Gasteiger partial charge in [0.15, 0.2) is 0 Å². The van der Waals surface area contributed by atoms with Crippen LogP contribution in [0.2, 0.25) is 0 Å². The monoisotopic (exact) mass is 599 g/mol. The molecule has 0 N–H and O–H groups in total. The van der Waals surface area contributed by atoms with Crippen molar-refractivity contribution in [2.45, 2.75) is 72.8 Å². The molecule has 0 fully saturated rings. The summed E-state index contributed by atoms with van der Waals surface area (Å²) in [6.07, 6.45) is -0.600. The number of nitrogens with zero attached hydrogens (tertiary/aromatic N) is 3. The number of aromatic nitrogens is 2. The highest BCUT2D eigenvalue weighted by molar-refractivity contribution is 5.78. The molecule has 0 spiro atoms. The van der Waals surface area contributed by atoms with Crippen molar-refractivity contribution in [2.75, 3.05) is 13.7 Å². The molecule has 1 aromatic heterocycles. The molecule has 232 valence electrons. The molecule has 4 aromatic rings. The summed E-state index contributed by atoms with van der Waals surface area (Å²) >= 11 is 0. The normalized spacial score (nSPS) is 11.7. The van der Waals surface area contributed by atoms with Crippen LogP contribution in [0.1, 0.15) is 58.2 Å². The zero-order valence-electron chi connectivity index (χ0n) is 26.8. The van der Waals surface area contributed by atoms with Gasteiger partial charge in [0.2, 0.25) is 5.82 Å². The summed E-state index contributed by atoms with van der Waals surface area (Å²) in [4.78, 5) is 31.4. The van der Waals surface area contributed by atoms with E-state index in [-0.39, 0.29) is 13.1 Å². The van der Waals surface area contributed by atoms with E-state index in [2.05, 4.69) is 35.3 Å². The molecule has 0 unspecified atom stereocenters. The molecular weight excluding hydrogens is 558 g/mol. The van der Waals surface area contributed by atoms with E-state index in [9.17, 15) is 9.59 Å². The number of methoxy groups -OCH3 is 1. The predicted molar refractivity (Wildman–Crippen MR) is 169 cm³/mol. The molecule has 44 heavy (non-hydrogen) atoms. The van der Waals surface area contributed by atoms with Gasteiger partial charge in [-0.15, -0.1) is 0 Å². The predicted octanol–water partition coefficient (Wildman–Crippen LogP) is 7.60. The van der Waals surface area contributed by atoms with Crippen LogP contribution >= 0.6 is 0 Å². The van der Waals surface area contributed by atoms with Crippen molar-refractivity contribution in [1.29, 1.82) is 0 Å². The number of carbonyl (C=O) groups excluding carboxylic acids is 2. The minimum atomic E-state index is -0.714. The first kappa shape index (κ1) is 32.4. The molecule has 9 heteroatoms. The van der Waals surface area contributed by atoms with E-state index in [1.807, 2.05) is 48.5 Å². The van der Waals surface area contributed by atoms with E-state index in [0.717, 1.165) is 33.4 Å². The first-order valence-electron chi connectivity index (χ1n) is 14.5. The molecular formula is C35H41N3O6. The Bertz CT molecular complexity index is 1600. The summed E-state index contributed by atoms with van der Waals surface area (Å²) in [7, 11) is 1.67. The van der Waals surface area contributed by atoms with Gasteiger partial charge in [-0.1, -0.05) is 59.8 Å². The van der Waals surface area contributed by atoms with Gasteiger partial charge in [0.05, 0.1) is 6.61 Å². The Morgan fingerprint density at radius 1 is 0.841 bits per heavy atom. The topological polar surface area (TPSA) is 104 Å². The third kappa shape index (κ3) is 8.76. The third-order valence-corrected chi connectivity index (χ3v) is 6.49. The molecule has 0 bridgehead atoms.